The molecule has 6 heteroatoms. The zero-order valence-corrected chi connectivity index (χ0v) is 7.63. The third-order valence-electron chi connectivity index (χ3n) is 3.22. The molecular formula is C8H10F6. The van der Waals surface area contributed by atoms with Crippen LogP contribution in [0.25, 0.3) is 0 Å². The van der Waals surface area contributed by atoms with E-state index >= 15 is 0 Å². The number of alkyl halides is 6. The highest BCUT2D eigenvalue weighted by Gasteiger charge is 2.82. The lowest BCUT2D eigenvalue weighted by molar-refractivity contribution is -0.225. The summed E-state index contributed by atoms with van der Waals surface area (Å²) in [5.74, 6) is -3.58. The molecule has 0 aliphatic heterocycles. The summed E-state index contributed by atoms with van der Waals surface area (Å²) in [5.41, 5.74) is -2.54. The average Bonchev–Trinajstić information content (AvgIpc) is 2.54. The molecule has 0 N–H and O–H groups in total. The topological polar surface area (TPSA) is 0 Å². The van der Waals surface area contributed by atoms with E-state index in [0.717, 1.165) is 13.8 Å². The monoisotopic (exact) mass is 220 g/mol. The van der Waals surface area contributed by atoms with Crippen molar-refractivity contribution in [2.75, 3.05) is 0 Å². The largest absolute Gasteiger partial charge is 0.395 e. The number of hydrogen-bond acceptors (Lipinski definition) is 0. The molecule has 1 aliphatic carbocycles. The van der Waals surface area contributed by atoms with Crippen LogP contribution >= 0.6 is 0 Å². The van der Waals surface area contributed by atoms with E-state index < -0.39 is 36.0 Å². The molecule has 14 heavy (non-hydrogen) atoms. The van der Waals surface area contributed by atoms with Crippen LogP contribution in [0.1, 0.15) is 20.3 Å². The van der Waals surface area contributed by atoms with Gasteiger partial charge in [-0.3, -0.25) is 0 Å². The van der Waals surface area contributed by atoms with Gasteiger partial charge in [-0.2, -0.15) is 26.3 Å². The normalized spacial score (nSPS) is 38.6. The summed E-state index contributed by atoms with van der Waals surface area (Å²) in [4.78, 5) is 0. The van der Waals surface area contributed by atoms with Crippen molar-refractivity contribution in [2.45, 2.75) is 32.6 Å². The fourth-order valence-corrected chi connectivity index (χ4v) is 2.38. The number of rotatable bonds is 1. The maximum absolute atomic E-state index is 12.4. The van der Waals surface area contributed by atoms with Crippen LogP contribution in [0.15, 0.2) is 0 Å². The highest BCUT2D eigenvalue weighted by atomic mass is 19.4. The molecule has 0 bridgehead atoms. The summed E-state index contributed by atoms with van der Waals surface area (Å²) in [6.45, 7) is 2.16. The van der Waals surface area contributed by atoms with Gasteiger partial charge in [-0.25, -0.2) is 0 Å². The van der Waals surface area contributed by atoms with Crippen molar-refractivity contribution in [2.24, 2.45) is 17.3 Å². The van der Waals surface area contributed by atoms with Gasteiger partial charge in [0, 0.05) is 0 Å². The summed E-state index contributed by atoms with van der Waals surface area (Å²) in [7, 11) is 0. The highest BCUT2D eigenvalue weighted by Crippen LogP contribution is 2.73. The summed E-state index contributed by atoms with van der Waals surface area (Å²) in [5, 5.41) is 0. The molecule has 0 aromatic rings. The minimum Gasteiger partial charge on any atom is -0.171 e. The van der Waals surface area contributed by atoms with Crippen LogP contribution in [0.3, 0.4) is 0 Å². The Morgan fingerprint density at radius 2 is 1.50 bits per heavy atom. The molecule has 0 amide bonds. The van der Waals surface area contributed by atoms with E-state index in [-0.39, 0.29) is 0 Å². The van der Waals surface area contributed by atoms with E-state index in [2.05, 4.69) is 0 Å². The number of hydrogen-bond donors (Lipinski definition) is 0. The van der Waals surface area contributed by atoms with Crippen LogP contribution in [-0.2, 0) is 0 Å². The zero-order chi connectivity index (χ0) is 11.4. The van der Waals surface area contributed by atoms with Crippen LogP contribution in [-0.4, -0.2) is 12.4 Å². The first-order valence-electron chi connectivity index (χ1n) is 4.22. The lowest BCUT2D eigenvalue weighted by atomic mass is 9.98. The van der Waals surface area contributed by atoms with Crippen LogP contribution in [0.5, 0.6) is 0 Å². The quantitative estimate of drug-likeness (QED) is 0.590. The highest BCUT2D eigenvalue weighted by molar-refractivity contribution is 5.14. The molecule has 0 aromatic carbocycles. The van der Waals surface area contributed by atoms with E-state index in [1.807, 2.05) is 0 Å². The molecule has 1 rings (SSSR count). The predicted molar refractivity (Wildman–Crippen MR) is 37.5 cm³/mol. The lowest BCUT2D eigenvalue weighted by Gasteiger charge is -2.20. The van der Waals surface area contributed by atoms with Crippen molar-refractivity contribution in [1.29, 1.82) is 0 Å². The van der Waals surface area contributed by atoms with Gasteiger partial charge in [-0.1, -0.05) is 13.8 Å². The van der Waals surface area contributed by atoms with E-state index in [4.69, 9.17) is 0 Å². The van der Waals surface area contributed by atoms with Crippen molar-refractivity contribution >= 4 is 0 Å². The van der Waals surface area contributed by atoms with Gasteiger partial charge in [-0.15, -0.1) is 0 Å². The third-order valence-corrected chi connectivity index (χ3v) is 3.22. The second kappa shape index (κ2) is 2.79. The second-order valence-electron chi connectivity index (χ2n) is 3.70. The van der Waals surface area contributed by atoms with Crippen LogP contribution in [0.4, 0.5) is 26.3 Å². The summed E-state index contributed by atoms with van der Waals surface area (Å²) < 4.78 is 73.9. The van der Waals surface area contributed by atoms with Gasteiger partial charge < -0.3 is 0 Å². The first-order valence-corrected chi connectivity index (χ1v) is 4.22. The Bertz CT molecular complexity index is 227. The van der Waals surface area contributed by atoms with Crippen LogP contribution < -0.4 is 0 Å². The van der Waals surface area contributed by atoms with Crippen LogP contribution in [0.2, 0.25) is 0 Å². The molecule has 84 valence electrons. The van der Waals surface area contributed by atoms with Crippen molar-refractivity contribution in [1.82, 2.24) is 0 Å². The summed E-state index contributed by atoms with van der Waals surface area (Å²) in [6, 6.07) is 0. The van der Waals surface area contributed by atoms with E-state index in [9.17, 15) is 26.3 Å². The summed E-state index contributed by atoms with van der Waals surface area (Å²) in [6.07, 6.45) is -10.0. The summed E-state index contributed by atoms with van der Waals surface area (Å²) >= 11 is 0. The van der Waals surface area contributed by atoms with Gasteiger partial charge in [0.15, 0.2) is 0 Å². The van der Waals surface area contributed by atoms with Gasteiger partial charge in [0.1, 0.15) is 0 Å². The third kappa shape index (κ3) is 1.30. The Hall–Kier alpha value is -0.420. The average molecular weight is 220 g/mol. The molecular weight excluding hydrogens is 210 g/mol. The van der Waals surface area contributed by atoms with Gasteiger partial charge >= 0.3 is 12.4 Å². The first-order chi connectivity index (χ1) is 6.09. The Labute approximate surface area is 77.3 Å². The van der Waals surface area contributed by atoms with Crippen LogP contribution in [0, 0.1) is 17.3 Å². The van der Waals surface area contributed by atoms with Gasteiger partial charge in [-0.05, 0) is 12.3 Å². The fourth-order valence-electron chi connectivity index (χ4n) is 2.38. The molecule has 1 saturated carbocycles. The maximum Gasteiger partial charge on any atom is 0.395 e. The van der Waals surface area contributed by atoms with Crippen molar-refractivity contribution in [3.8, 4) is 0 Å². The van der Waals surface area contributed by atoms with Crippen molar-refractivity contribution < 1.29 is 26.3 Å². The molecule has 1 aliphatic rings. The lowest BCUT2D eigenvalue weighted by Crippen LogP contribution is -2.30. The fraction of sp³-hybridized carbons (Fsp3) is 1.00. The Balaban J connectivity index is 2.98. The molecule has 0 aromatic heterocycles. The second-order valence-corrected chi connectivity index (χ2v) is 3.70. The molecule has 3 unspecified atom stereocenters. The molecule has 0 nitrogen and oxygen atoms in total. The van der Waals surface area contributed by atoms with E-state index in [1.165, 1.54) is 0 Å². The number of halogens is 6. The van der Waals surface area contributed by atoms with Crippen molar-refractivity contribution in [3.63, 3.8) is 0 Å². The Morgan fingerprint density at radius 3 is 1.57 bits per heavy atom. The first kappa shape index (κ1) is 11.7. The molecule has 1 fully saturated rings. The molecule has 3 atom stereocenters. The minimum atomic E-state index is -4.76. The maximum atomic E-state index is 12.4. The molecule has 0 heterocycles. The van der Waals surface area contributed by atoms with Gasteiger partial charge in [0.05, 0.1) is 11.3 Å². The molecule has 0 spiro atoms. The smallest absolute Gasteiger partial charge is 0.171 e. The predicted octanol–water partition coefficient (Wildman–Crippen LogP) is 3.77. The minimum absolute atomic E-state index is 0.512. The van der Waals surface area contributed by atoms with E-state index in [0.29, 0.717) is 0 Å². The van der Waals surface area contributed by atoms with E-state index in [1.54, 1.807) is 0 Å². The Morgan fingerprint density at radius 1 is 1.07 bits per heavy atom. The molecule has 0 saturated heterocycles. The zero-order valence-electron chi connectivity index (χ0n) is 7.63. The Kier molecular flexibility index (Phi) is 2.32. The van der Waals surface area contributed by atoms with Gasteiger partial charge in [0.25, 0.3) is 0 Å². The standard InChI is InChI=1S/C8H10F6/c1-3-6(8(12,13)14)4(2)5(6)7(9,10)11/h4-5H,3H2,1-2H3. The van der Waals surface area contributed by atoms with Gasteiger partial charge in [0.2, 0.25) is 0 Å². The van der Waals surface area contributed by atoms with Crippen molar-refractivity contribution in [3.05, 3.63) is 0 Å². The molecule has 0 radical (unpaired) electrons. The SMILES string of the molecule is CCC1(C(F)(F)F)C(C)C1C(F)(F)F.